The number of likely N-dealkylation sites (tertiary alicyclic amines) is 1. The summed E-state index contributed by atoms with van der Waals surface area (Å²) in [5, 5.41) is 26.8. The zero-order valence-corrected chi connectivity index (χ0v) is 23.6. The van der Waals surface area contributed by atoms with Crippen molar-refractivity contribution in [3.05, 3.63) is 89.2 Å². The average molecular weight is 597 g/mol. The number of aliphatic hydroxyl groups is 2. The van der Waals surface area contributed by atoms with Gasteiger partial charge in [0.25, 0.3) is 5.91 Å². The van der Waals surface area contributed by atoms with E-state index in [9.17, 15) is 33.0 Å². The maximum absolute atomic E-state index is 12.9. The fourth-order valence-electron chi connectivity index (χ4n) is 5.87. The van der Waals surface area contributed by atoms with E-state index in [4.69, 9.17) is 0 Å². The average Bonchev–Trinajstić information content (AvgIpc) is 3.49. The minimum atomic E-state index is -4.56. The van der Waals surface area contributed by atoms with Crippen LogP contribution in [0.2, 0.25) is 0 Å². The van der Waals surface area contributed by atoms with E-state index in [-0.39, 0.29) is 36.7 Å². The molecule has 2 heterocycles. The second-order valence-electron chi connectivity index (χ2n) is 11.3. The van der Waals surface area contributed by atoms with Crippen LogP contribution in [0.3, 0.4) is 0 Å². The van der Waals surface area contributed by atoms with Gasteiger partial charge in [0.1, 0.15) is 5.60 Å². The van der Waals surface area contributed by atoms with Crippen molar-refractivity contribution in [2.75, 3.05) is 19.6 Å². The molecule has 2 amide bonds. The Morgan fingerprint density at radius 1 is 0.977 bits per heavy atom. The second kappa shape index (κ2) is 12.8. The van der Waals surface area contributed by atoms with Gasteiger partial charge in [0.2, 0.25) is 5.91 Å². The molecule has 3 aromatic rings. The number of aromatic nitrogens is 1. The van der Waals surface area contributed by atoms with E-state index < -0.39 is 23.2 Å². The van der Waals surface area contributed by atoms with Crippen LogP contribution in [-0.2, 0) is 23.2 Å². The number of nitrogens with zero attached hydrogens (tertiary/aromatic N) is 2. The number of alkyl halides is 3. The molecule has 1 atom stereocenters. The zero-order valence-electron chi connectivity index (χ0n) is 23.6. The van der Waals surface area contributed by atoms with Gasteiger partial charge in [-0.05, 0) is 73.6 Å². The summed E-state index contributed by atoms with van der Waals surface area (Å²) in [4.78, 5) is 31.2. The minimum Gasteiger partial charge on any atom is -0.392 e. The number of hydrogen-bond donors (Lipinski definition) is 4. The molecule has 1 aliphatic carbocycles. The summed E-state index contributed by atoms with van der Waals surface area (Å²) in [7, 11) is 0. The van der Waals surface area contributed by atoms with E-state index in [1.165, 1.54) is 6.07 Å². The molecular weight excluding hydrogens is 561 g/mol. The van der Waals surface area contributed by atoms with Gasteiger partial charge < -0.3 is 25.7 Å². The van der Waals surface area contributed by atoms with Crippen LogP contribution >= 0.6 is 0 Å². The van der Waals surface area contributed by atoms with Crippen molar-refractivity contribution in [2.24, 2.45) is 0 Å². The molecule has 11 heteroatoms. The van der Waals surface area contributed by atoms with Gasteiger partial charge in [0.05, 0.1) is 24.4 Å². The van der Waals surface area contributed by atoms with Crippen LogP contribution in [0.5, 0.6) is 0 Å². The van der Waals surface area contributed by atoms with E-state index in [1.54, 1.807) is 11.1 Å². The molecule has 2 fully saturated rings. The van der Waals surface area contributed by atoms with Crippen molar-refractivity contribution >= 4 is 11.8 Å². The molecule has 228 valence electrons. The van der Waals surface area contributed by atoms with Crippen LogP contribution in [-0.4, -0.2) is 63.6 Å². The molecule has 2 aliphatic rings. The Hall–Kier alpha value is -3.80. The molecule has 2 aromatic carbocycles. The SMILES string of the molecule is O=C(NCC(=O)N1CCC(NC2CCC(O)(c3ccc(-c4cccc(CO)c4)cn3)CC2)C1)c1cccc(C(F)(F)F)c1. The number of hydrogen-bond acceptors (Lipinski definition) is 6. The first-order valence-corrected chi connectivity index (χ1v) is 14.4. The summed E-state index contributed by atoms with van der Waals surface area (Å²) in [5.74, 6) is -1.02. The molecule has 8 nitrogen and oxygen atoms in total. The van der Waals surface area contributed by atoms with Gasteiger partial charge in [-0.2, -0.15) is 13.2 Å². The highest BCUT2D eigenvalue weighted by molar-refractivity contribution is 5.96. The van der Waals surface area contributed by atoms with Crippen LogP contribution in [0.15, 0.2) is 66.9 Å². The Labute approximate surface area is 247 Å². The zero-order chi connectivity index (χ0) is 30.6. The molecule has 5 rings (SSSR count). The number of amides is 2. The lowest BCUT2D eigenvalue weighted by molar-refractivity contribution is -0.137. The van der Waals surface area contributed by atoms with Crippen LogP contribution in [0, 0.1) is 0 Å². The number of pyridine rings is 1. The molecule has 1 saturated heterocycles. The minimum absolute atomic E-state index is 0.0336. The predicted molar refractivity (Wildman–Crippen MR) is 154 cm³/mol. The normalized spacial score (nSPS) is 22.4. The summed E-state index contributed by atoms with van der Waals surface area (Å²) < 4.78 is 38.8. The first kappa shape index (κ1) is 30.7. The lowest BCUT2D eigenvalue weighted by Gasteiger charge is -2.37. The number of halogens is 3. The Kier molecular flexibility index (Phi) is 9.14. The molecule has 1 unspecified atom stereocenters. The molecule has 1 aromatic heterocycles. The summed E-state index contributed by atoms with van der Waals surface area (Å²) in [5.41, 5.74) is 1.23. The first-order chi connectivity index (χ1) is 20.5. The predicted octanol–water partition coefficient (Wildman–Crippen LogP) is 4.01. The quantitative estimate of drug-likeness (QED) is 0.313. The van der Waals surface area contributed by atoms with E-state index in [2.05, 4.69) is 15.6 Å². The fourth-order valence-corrected chi connectivity index (χ4v) is 5.87. The number of nitrogens with one attached hydrogen (secondary N) is 2. The molecule has 0 radical (unpaired) electrons. The summed E-state index contributed by atoms with van der Waals surface area (Å²) in [6, 6.07) is 15.8. The van der Waals surface area contributed by atoms with E-state index >= 15 is 0 Å². The van der Waals surface area contributed by atoms with Gasteiger partial charge in [-0.15, -0.1) is 0 Å². The van der Waals surface area contributed by atoms with Gasteiger partial charge in [-0.3, -0.25) is 14.6 Å². The van der Waals surface area contributed by atoms with E-state index in [0.29, 0.717) is 31.6 Å². The number of carbonyl (C=O) groups excluding carboxylic acids is 2. The third-order valence-corrected chi connectivity index (χ3v) is 8.36. The van der Waals surface area contributed by atoms with Crippen LogP contribution in [0.4, 0.5) is 13.2 Å². The summed E-state index contributed by atoms with van der Waals surface area (Å²) >= 11 is 0. The van der Waals surface area contributed by atoms with E-state index in [1.807, 2.05) is 36.4 Å². The monoisotopic (exact) mass is 596 g/mol. The molecule has 43 heavy (non-hydrogen) atoms. The second-order valence-corrected chi connectivity index (χ2v) is 11.3. The molecule has 0 bridgehead atoms. The Balaban J connectivity index is 1.07. The van der Waals surface area contributed by atoms with Gasteiger partial charge in [-0.1, -0.05) is 30.3 Å². The maximum Gasteiger partial charge on any atom is 0.416 e. The molecular formula is C32H35F3N4O4. The highest BCUT2D eigenvalue weighted by Gasteiger charge is 2.37. The van der Waals surface area contributed by atoms with Crippen LogP contribution in [0.25, 0.3) is 11.1 Å². The maximum atomic E-state index is 12.9. The lowest BCUT2D eigenvalue weighted by Crippen LogP contribution is -2.46. The summed E-state index contributed by atoms with van der Waals surface area (Å²) in [6.45, 7) is 0.661. The highest BCUT2D eigenvalue weighted by Crippen LogP contribution is 2.37. The highest BCUT2D eigenvalue weighted by atomic mass is 19.4. The van der Waals surface area contributed by atoms with Gasteiger partial charge in [0.15, 0.2) is 0 Å². The number of benzene rings is 2. The number of carbonyl (C=O) groups is 2. The van der Waals surface area contributed by atoms with E-state index in [0.717, 1.165) is 54.2 Å². The van der Waals surface area contributed by atoms with Crippen molar-refractivity contribution in [3.8, 4) is 11.1 Å². The third kappa shape index (κ3) is 7.41. The van der Waals surface area contributed by atoms with Crippen molar-refractivity contribution in [3.63, 3.8) is 0 Å². The Bertz CT molecular complexity index is 1440. The standard InChI is InChI=1S/C32H35F3N4O4/c33-32(34,35)25-6-2-5-23(16-25)30(42)37-18-29(41)39-14-11-27(19-39)38-26-9-12-31(43,13-10-26)28-8-7-24(17-36-28)22-4-1-3-21(15-22)20-40/h1-8,15-17,26-27,38,40,43H,9-14,18-20H2,(H,37,42). The fraction of sp³-hybridized carbons (Fsp3) is 0.406. The molecule has 0 spiro atoms. The van der Waals surface area contributed by atoms with Crippen molar-refractivity contribution in [1.29, 1.82) is 0 Å². The van der Waals surface area contributed by atoms with Crippen molar-refractivity contribution < 1.29 is 33.0 Å². The first-order valence-electron chi connectivity index (χ1n) is 14.4. The smallest absolute Gasteiger partial charge is 0.392 e. The van der Waals surface area contributed by atoms with Crippen LogP contribution in [0.1, 0.15) is 59.3 Å². The van der Waals surface area contributed by atoms with Gasteiger partial charge in [-0.25, -0.2) is 0 Å². The Morgan fingerprint density at radius 3 is 2.44 bits per heavy atom. The number of aliphatic hydroxyl groups excluding tert-OH is 1. The van der Waals surface area contributed by atoms with Gasteiger partial charge >= 0.3 is 6.18 Å². The topological polar surface area (TPSA) is 115 Å². The third-order valence-electron chi connectivity index (χ3n) is 8.36. The summed E-state index contributed by atoms with van der Waals surface area (Å²) in [6.07, 6.45) is 0.529. The molecule has 1 saturated carbocycles. The lowest BCUT2D eigenvalue weighted by atomic mass is 9.79. The number of rotatable bonds is 8. The van der Waals surface area contributed by atoms with Crippen molar-refractivity contribution in [1.82, 2.24) is 20.5 Å². The van der Waals surface area contributed by atoms with Gasteiger partial charge in [0, 0.05) is 42.5 Å². The van der Waals surface area contributed by atoms with Crippen LogP contribution < -0.4 is 10.6 Å². The molecule has 4 N–H and O–H groups in total. The van der Waals surface area contributed by atoms with Crippen molar-refractivity contribution in [2.45, 2.75) is 62.6 Å². The molecule has 1 aliphatic heterocycles. The largest absolute Gasteiger partial charge is 0.416 e. The Morgan fingerprint density at radius 2 is 1.74 bits per heavy atom.